The summed E-state index contributed by atoms with van der Waals surface area (Å²) in [4.78, 5) is 16.5. The smallest absolute Gasteiger partial charge is 0.230 e. The maximum absolute atomic E-state index is 12.1. The van der Waals surface area contributed by atoms with E-state index in [1.165, 1.54) is 0 Å². The molecule has 0 atom stereocenters. The Balaban J connectivity index is 2.78. The van der Waals surface area contributed by atoms with Gasteiger partial charge in [-0.15, -0.1) is 0 Å². The van der Waals surface area contributed by atoms with Crippen molar-refractivity contribution in [1.82, 2.24) is 4.98 Å². The van der Waals surface area contributed by atoms with Crippen molar-refractivity contribution in [3.05, 3.63) is 17.7 Å². The zero-order valence-corrected chi connectivity index (χ0v) is 13.4. The fourth-order valence-electron chi connectivity index (χ4n) is 1.63. The van der Waals surface area contributed by atoms with Crippen LogP contribution in [0.15, 0.2) is 12.1 Å². The number of aliphatic hydroxyl groups is 1. The van der Waals surface area contributed by atoms with Gasteiger partial charge in [0.05, 0.1) is 6.61 Å². The molecule has 0 saturated heterocycles. The van der Waals surface area contributed by atoms with E-state index in [0.717, 1.165) is 18.4 Å². The number of nitrogens with one attached hydrogen (secondary N) is 1. The number of ether oxygens (including phenoxy) is 1. The van der Waals surface area contributed by atoms with Crippen LogP contribution in [-0.4, -0.2) is 29.2 Å². The molecule has 0 fully saturated rings. The van der Waals surface area contributed by atoms with Crippen LogP contribution in [0.3, 0.4) is 0 Å². The molecule has 0 aliphatic carbocycles. The number of carbonyl (C=O) groups is 1. The molecule has 0 spiro atoms. The Morgan fingerprint density at radius 2 is 2.05 bits per heavy atom. The Labute approximate surface area is 126 Å². The summed E-state index contributed by atoms with van der Waals surface area (Å²) < 4.78 is 5.54. The number of anilines is 1. The summed E-state index contributed by atoms with van der Waals surface area (Å²) in [6.07, 6.45) is 2.27. The molecule has 1 aromatic rings. The average molecular weight is 294 g/mol. The van der Waals surface area contributed by atoms with Crippen LogP contribution in [0.4, 0.5) is 5.82 Å². The summed E-state index contributed by atoms with van der Waals surface area (Å²) in [6, 6.07) is 3.73. The third-order valence-corrected chi connectivity index (χ3v) is 3.05. The molecule has 0 unspecified atom stereocenters. The number of rotatable bonds is 7. The molecule has 0 radical (unpaired) electrons. The van der Waals surface area contributed by atoms with Crippen molar-refractivity contribution in [3.63, 3.8) is 0 Å². The molecule has 1 amide bonds. The summed E-state index contributed by atoms with van der Waals surface area (Å²) in [5, 5.41) is 11.6. The van der Waals surface area contributed by atoms with E-state index in [9.17, 15) is 4.79 Å². The van der Waals surface area contributed by atoms with Crippen molar-refractivity contribution in [3.8, 4) is 5.88 Å². The average Bonchev–Trinajstić information content (AvgIpc) is 2.43. The molecule has 1 rings (SSSR count). The molecule has 5 heteroatoms. The van der Waals surface area contributed by atoms with E-state index in [2.05, 4.69) is 10.3 Å². The summed E-state index contributed by atoms with van der Waals surface area (Å²) in [5.41, 5.74) is 0.514. The van der Waals surface area contributed by atoms with Crippen LogP contribution in [0.25, 0.3) is 0 Å². The van der Waals surface area contributed by atoms with Gasteiger partial charge in [-0.1, -0.05) is 27.7 Å². The first-order valence-electron chi connectivity index (χ1n) is 7.43. The minimum absolute atomic E-state index is 0.0675. The lowest BCUT2D eigenvalue weighted by molar-refractivity contribution is -0.123. The van der Waals surface area contributed by atoms with Gasteiger partial charge < -0.3 is 15.2 Å². The van der Waals surface area contributed by atoms with E-state index in [4.69, 9.17) is 9.84 Å². The molecule has 5 nitrogen and oxygen atoms in total. The van der Waals surface area contributed by atoms with E-state index in [-0.39, 0.29) is 12.5 Å². The minimum atomic E-state index is -0.468. The lowest BCUT2D eigenvalue weighted by atomic mass is 9.95. The second kappa shape index (κ2) is 7.98. The summed E-state index contributed by atoms with van der Waals surface area (Å²) in [6.45, 7) is 8.28. The molecule has 0 aliphatic rings. The molecular weight excluding hydrogens is 268 g/mol. The second-order valence-electron chi connectivity index (χ2n) is 5.99. The number of hydrogen-bond acceptors (Lipinski definition) is 4. The van der Waals surface area contributed by atoms with E-state index >= 15 is 0 Å². The van der Waals surface area contributed by atoms with Crippen LogP contribution in [0.5, 0.6) is 5.88 Å². The SMILES string of the molecule is CCc1ccc(OCCCCO)nc1NC(=O)C(C)(C)C. The molecule has 1 aromatic heterocycles. The molecule has 0 aromatic carbocycles. The van der Waals surface area contributed by atoms with Gasteiger partial charge >= 0.3 is 0 Å². The lowest BCUT2D eigenvalue weighted by Gasteiger charge is -2.19. The highest BCUT2D eigenvalue weighted by Crippen LogP contribution is 2.22. The predicted octanol–water partition coefficient (Wildman–Crippen LogP) is 2.78. The zero-order chi connectivity index (χ0) is 15.9. The highest BCUT2D eigenvalue weighted by atomic mass is 16.5. The second-order valence-corrected chi connectivity index (χ2v) is 5.99. The molecule has 21 heavy (non-hydrogen) atoms. The highest BCUT2D eigenvalue weighted by Gasteiger charge is 2.22. The first-order chi connectivity index (χ1) is 9.88. The normalized spacial score (nSPS) is 11.3. The minimum Gasteiger partial charge on any atom is -0.478 e. The van der Waals surface area contributed by atoms with Crippen LogP contribution >= 0.6 is 0 Å². The van der Waals surface area contributed by atoms with Gasteiger partial charge in [-0.3, -0.25) is 4.79 Å². The number of amides is 1. The Hall–Kier alpha value is -1.62. The van der Waals surface area contributed by atoms with Crippen molar-refractivity contribution >= 4 is 11.7 Å². The monoisotopic (exact) mass is 294 g/mol. The van der Waals surface area contributed by atoms with Crippen LogP contribution in [0.2, 0.25) is 0 Å². The zero-order valence-electron chi connectivity index (χ0n) is 13.4. The topological polar surface area (TPSA) is 71.5 Å². The van der Waals surface area contributed by atoms with Crippen LogP contribution in [0.1, 0.15) is 46.1 Å². The van der Waals surface area contributed by atoms with Crippen molar-refractivity contribution in [2.24, 2.45) is 5.41 Å². The molecular formula is C16H26N2O3. The van der Waals surface area contributed by atoms with E-state index in [1.54, 1.807) is 0 Å². The molecule has 0 bridgehead atoms. The number of hydrogen-bond donors (Lipinski definition) is 2. The highest BCUT2D eigenvalue weighted by molar-refractivity contribution is 5.94. The Bertz CT molecular complexity index is 467. The number of aliphatic hydroxyl groups excluding tert-OH is 1. The van der Waals surface area contributed by atoms with Gasteiger partial charge in [0.1, 0.15) is 5.82 Å². The fraction of sp³-hybridized carbons (Fsp3) is 0.625. The first-order valence-corrected chi connectivity index (χ1v) is 7.43. The Morgan fingerprint density at radius 1 is 1.33 bits per heavy atom. The van der Waals surface area contributed by atoms with Gasteiger partial charge in [0.2, 0.25) is 11.8 Å². The van der Waals surface area contributed by atoms with Crippen LogP contribution < -0.4 is 10.1 Å². The molecule has 0 aliphatic heterocycles. The maximum Gasteiger partial charge on any atom is 0.230 e. The van der Waals surface area contributed by atoms with E-state index in [1.807, 2.05) is 39.8 Å². The number of aryl methyl sites for hydroxylation is 1. The third-order valence-electron chi connectivity index (χ3n) is 3.05. The van der Waals surface area contributed by atoms with Crippen molar-refractivity contribution in [2.45, 2.75) is 47.0 Å². The Kier molecular flexibility index (Phi) is 6.62. The molecule has 0 saturated carbocycles. The standard InChI is InChI=1S/C16H26N2O3/c1-5-12-8-9-13(21-11-7-6-10-19)17-14(12)18-15(20)16(2,3)4/h8-9,19H,5-7,10-11H2,1-4H3,(H,17,18,20). The van der Waals surface area contributed by atoms with Gasteiger partial charge in [-0.05, 0) is 30.9 Å². The third kappa shape index (κ3) is 5.71. The van der Waals surface area contributed by atoms with Crippen LogP contribution in [0, 0.1) is 5.41 Å². The molecule has 1 heterocycles. The number of nitrogens with zero attached hydrogens (tertiary/aromatic N) is 1. The quantitative estimate of drug-likeness (QED) is 0.759. The summed E-state index contributed by atoms with van der Waals surface area (Å²) >= 11 is 0. The van der Waals surface area contributed by atoms with Crippen molar-refractivity contribution in [1.29, 1.82) is 0 Å². The number of aromatic nitrogens is 1. The summed E-state index contributed by atoms with van der Waals surface area (Å²) in [7, 11) is 0. The van der Waals surface area contributed by atoms with Crippen molar-refractivity contribution < 1.29 is 14.6 Å². The number of unbranched alkanes of at least 4 members (excludes halogenated alkanes) is 1. The first kappa shape index (κ1) is 17.4. The van der Waals surface area contributed by atoms with E-state index < -0.39 is 5.41 Å². The molecule has 118 valence electrons. The predicted molar refractivity (Wildman–Crippen MR) is 83.5 cm³/mol. The van der Waals surface area contributed by atoms with Gasteiger partial charge in [-0.25, -0.2) is 0 Å². The molecule has 2 N–H and O–H groups in total. The number of carbonyl (C=O) groups excluding carboxylic acids is 1. The number of pyridine rings is 1. The van der Waals surface area contributed by atoms with Gasteiger partial charge in [-0.2, -0.15) is 4.98 Å². The lowest BCUT2D eigenvalue weighted by Crippen LogP contribution is -2.28. The van der Waals surface area contributed by atoms with E-state index in [0.29, 0.717) is 24.7 Å². The van der Waals surface area contributed by atoms with Gasteiger partial charge in [0.25, 0.3) is 0 Å². The largest absolute Gasteiger partial charge is 0.478 e. The van der Waals surface area contributed by atoms with Crippen LogP contribution in [-0.2, 0) is 11.2 Å². The van der Waals surface area contributed by atoms with Crippen molar-refractivity contribution in [2.75, 3.05) is 18.5 Å². The maximum atomic E-state index is 12.1. The summed E-state index contributed by atoms with van der Waals surface area (Å²) in [5.74, 6) is 0.994. The van der Waals surface area contributed by atoms with Gasteiger partial charge in [0.15, 0.2) is 0 Å². The fourth-order valence-corrected chi connectivity index (χ4v) is 1.63. The Morgan fingerprint density at radius 3 is 2.62 bits per heavy atom. The van der Waals surface area contributed by atoms with Gasteiger partial charge in [0, 0.05) is 18.1 Å².